The Morgan fingerprint density at radius 1 is 0.971 bits per heavy atom. The Morgan fingerprint density at radius 2 is 1.80 bits per heavy atom. The van der Waals surface area contributed by atoms with Crippen molar-refractivity contribution in [2.45, 2.75) is 0 Å². The van der Waals surface area contributed by atoms with E-state index in [9.17, 15) is 4.79 Å². The van der Waals surface area contributed by atoms with Gasteiger partial charge in [0.15, 0.2) is 0 Å². The van der Waals surface area contributed by atoms with Crippen molar-refractivity contribution >= 4 is 11.6 Å². The molecule has 0 bridgehead atoms. The second-order valence-corrected chi connectivity index (χ2v) is 7.42. The minimum Gasteiger partial charge on any atom is -0.497 e. The zero-order valence-electron chi connectivity index (χ0n) is 19.7. The minimum absolute atomic E-state index is 0.338. The second-order valence-electron chi connectivity index (χ2n) is 7.42. The molecule has 0 atom stereocenters. The van der Waals surface area contributed by atoms with Gasteiger partial charge in [0.2, 0.25) is 5.88 Å². The summed E-state index contributed by atoms with van der Waals surface area (Å²) in [4.78, 5) is 17.6. The molecule has 2 aromatic heterocycles. The molecule has 35 heavy (non-hydrogen) atoms. The van der Waals surface area contributed by atoms with Crippen molar-refractivity contribution in [3.63, 3.8) is 0 Å². The molecular weight excluding hydrogens is 448 g/mol. The quantitative estimate of drug-likeness (QED) is 0.344. The first-order chi connectivity index (χ1) is 17.1. The minimum atomic E-state index is -0.338. The summed E-state index contributed by atoms with van der Waals surface area (Å²) in [6.07, 6.45) is 3.23. The average molecular weight is 475 g/mol. The number of methoxy groups -OCH3 is 3. The van der Waals surface area contributed by atoms with E-state index in [-0.39, 0.29) is 5.91 Å². The van der Waals surface area contributed by atoms with Crippen LogP contribution >= 0.6 is 0 Å². The van der Waals surface area contributed by atoms with Gasteiger partial charge >= 0.3 is 0 Å². The topological polar surface area (TPSA) is 96.7 Å². The molecule has 0 fully saturated rings. The second kappa shape index (κ2) is 11.2. The van der Waals surface area contributed by atoms with Crippen LogP contribution in [0.4, 0.5) is 5.69 Å². The number of anilines is 1. The van der Waals surface area contributed by atoms with Gasteiger partial charge in [0.1, 0.15) is 23.8 Å². The standard InChI is InChI=1S/C26H26N4O5/c1-32-13-14-35-24-12-9-18(16-27-24)28-26(31)22-17-30(19-7-5-4-6-8-19)29-25(22)21-11-10-20(33-2)15-23(21)34-3/h4-12,15-17H,13-14H2,1-3H3,(H,28,31). The van der Waals surface area contributed by atoms with Crippen LogP contribution in [0.15, 0.2) is 73.1 Å². The van der Waals surface area contributed by atoms with Crippen LogP contribution in [0, 0.1) is 0 Å². The number of carbonyl (C=O) groups excluding carboxylic acids is 1. The largest absolute Gasteiger partial charge is 0.497 e. The summed E-state index contributed by atoms with van der Waals surface area (Å²) in [6.45, 7) is 0.851. The predicted octanol–water partition coefficient (Wildman–Crippen LogP) is 4.23. The summed E-state index contributed by atoms with van der Waals surface area (Å²) in [7, 11) is 4.75. The van der Waals surface area contributed by atoms with Gasteiger partial charge in [-0.1, -0.05) is 18.2 Å². The molecule has 1 amide bonds. The van der Waals surface area contributed by atoms with Gasteiger partial charge in [0.25, 0.3) is 5.91 Å². The molecular formula is C26H26N4O5. The fourth-order valence-corrected chi connectivity index (χ4v) is 3.41. The smallest absolute Gasteiger partial charge is 0.259 e. The van der Waals surface area contributed by atoms with Crippen molar-refractivity contribution in [1.82, 2.24) is 14.8 Å². The van der Waals surface area contributed by atoms with Crippen molar-refractivity contribution in [1.29, 1.82) is 0 Å². The van der Waals surface area contributed by atoms with Gasteiger partial charge in [-0.05, 0) is 30.3 Å². The maximum atomic E-state index is 13.4. The summed E-state index contributed by atoms with van der Waals surface area (Å²) in [5.74, 6) is 1.28. The van der Waals surface area contributed by atoms with Crippen molar-refractivity contribution in [2.24, 2.45) is 0 Å². The number of aromatic nitrogens is 3. The third-order valence-electron chi connectivity index (χ3n) is 5.18. The number of amides is 1. The number of para-hydroxylation sites is 1. The molecule has 9 nitrogen and oxygen atoms in total. The first kappa shape index (κ1) is 23.8. The Balaban J connectivity index is 1.67. The fraction of sp³-hybridized carbons (Fsp3) is 0.192. The third kappa shape index (κ3) is 5.59. The van der Waals surface area contributed by atoms with Gasteiger partial charge in [-0.25, -0.2) is 9.67 Å². The molecule has 0 saturated carbocycles. The molecule has 0 aliphatic rings. The van der Waals surface area contributed by atoms with E-state index >= 15 is 0 Å². The number of ether oxygens (including phenoxy) is 4. The Labute approximate surface area is 203 Å². The number of rotatable bonds is 10. The van der Waals surface area contributed by atoms with E-state index in [4.69, 9.17) is 24.0 Å². The highest BCUT2D eigenvalue weighted by molar-refractivity contribution is 6.08. The highest BCUT2D eigenvalue weighted by atomic mass is 16.5. The van der Waals surface area contributed by atoms with E-state index in [1.54, 1.807) is 56.5 Å². The van der Waals surface area contributed by atoms with Gasteiger partial charge in [-0.2, -0.15) is 5.10 Å². The third-order valence-corrected chi connectivity index (χ3v) is 5.18. The van der Waals surface area contributed by atoms with E-state index in [0.717, 1.165) is 5.69 Å². The predicted molar refractivity (Wildman–Crippen MR) is 132 cm³/mol. The van der Waals surface area contributed by atoms with Gasteiger partial charge in [0, 0.05) is 31.0 Å². The number of carbonyl (C=O) groups is 1. The van der Waals surface area contributed by atoms with Crippen molar-refractivity contribution in [2.75, 3.05) is 39.9 Å². The van der Waals surface area contributed by atoms with E-state index in [0.29, 0.717) is 53.1 Å². The lowest BCUT2D eigenvalue weighted by molar-refractivity contribution is 0.102. The maximum Gasteiger partial charge on any atom is 0.259 e. The Hall–Kier alpha value is -4.37. The summed E-state index contributed by atoms with van der Waals surface area (Å²) in [5, 5.41) is 7.61. The fourth-order valence-electron chi connectivity index (χ4n) is 3.41. The molecule has 0 radical (unpaired) electrons. The molecule has 2 aromatic carbocycles. The lowest BCUT2D eigenvalue weighted by Gasteiger charge is -2.10. The number of pyridine rings is 1. The lowest BCUT2D eigenvalue weighted by Crippen LogP contribution is -2.13. The molecule has 180 valence electrons. The summed E-state index contributed by atoms with van der Waals surface area (Å²) in [6, 6.07) is 18.3. The number of hydrogen-bond donors (Lipinski definition) is 1. The van der Waals surface area contributed by atoms with Crippen LogP contribution in [0.1, 0.15) is 10.4 Å². The van der Waals surface area contributed by atoms with E-state index in [2.05, 4.69) is 10.3 Å². The molecule has 0 aliphatic carbocycles. The summed E-state index contributed by atoms with van der Waals surface area (Å²) in [5.41, 5.74) is 2.85. The Kier molecular flexibility index (Phi) is 7.59. The monoisotopic (exact) mass is 474 g/mol. The molecule has 0 aliphatic heterocycles. The van der Waals surface area contributed by atoms with Gasteiger partial charge in [-0.3, -0.25) is 4.79 Å². The Bertz CT molecular complexity index is 1270. The first-order valence-electron chi connectivity index (χ1n) is 10.9. The SMILES string of the molecule is COCCOc1ccc(NC(=O)c2cn(-c3ccccc3)nc2-c2ccc(OC)cc2OC)cn1. The lowest BCUT2D eigenvalue weighted by atomic mass is 10.1. The molecule has 9 heteroatoms. The van der Waals surface area contributed by atoms with Gasteiger partial charge in [-0.15, -0.1) is 0 Å². The number of hydrogen-bond acceptors (Lipinski definition) is 7. The van der Waals surface area contributed by atoms with Crippen molar-refractivity contribution < 1.29 is 23.7 Å². The van der Waals surface area contributed by atoms with Crippen LogP contribution < -0.4 is 19.5 Å². The van der Waals surface area contributed by atoms with Crippen LogP contribution in [0.2, 0.25) is 0 Å². The van der Waals surface area contributed by atoms with Crippen molar-refractivity contribution in [3.05, 3.63) is 78.6 Å². The molecule has 2 heterocycles. The molecule has 0 spiro atoms. The summed E-state index contributed by atoms with van der Waals surface area (Å²) < 4.78 is 23.0. The first-order valence-corrected chi connectivity index (χ1v) is 10.9. The molecule has 0 saturated heterocycles. The number of nitrogens with zero attached hydrogens (tertiary/aromatic N) is 3. The van der Waals surface area contributed by atoms with Crippen LogP contribution in [0.3, 0.4) is 0 Å². The van der Waals surface area contributed by atoms with E-state index in [1.165, 1.54) is 6.20 Å². The van der Waals surface area contributed by atoms with Crippen LogP contribution in [0.5, 0.6) is 17.4 Å². The number of nitrogens with one attached hydrogen (secondary N) is 1. The van der Waals surface area contributed by atoms with Crippen LogP contribution in [-0.2, 0) is 4.74 Å². The highest BCUT2D eigenvalue weighted by Crippen LogP contribution is 2.35. The molecule has 4 aromatic rings. The number of benzene rings is 2. The van der Waals surface area contributed by atoms with E-state index in [1.807, 2.05) is 36.4 Å². The van der Waals surface area contributed by atoms with Crippen molar-refractivity contribution in [3.8, 4) is 34.3 Å². The van der Waals surface area contributed by atoms with E-state index < -0.39 is 0 Å². The van der Waals surface area contributed by atoms with Gasteiger partial charge in [0.05, 0.1) is 44.0 Å². The average Bonchev–Trinajstić information content (AvgIpc) is 3.35. The molecule has 1 N–H and O–H groups in total. The van der Waals surface area contributed by atoms with Crippen LogP contribution in [0.25, 0.3) is 16.9 Å². The molecule has 4 rings (SSSR count). The zero-order valence-corrected chi connectivity index (χ0v) is 19.7. The summed E-state index contributed by atoms with van der Waals surface area (Å²) >= 11 is 0. The maximum absolute atomic E-state index is 13.4. The van der Waals surface area contributed by atoms with Crippen LogP contribution in [-0.4, -0.2) is 55.2 Å². The molecule has 0 unspecified atom stereocenters. The Morgan fingerprint density at radius 3 is 2.49 bits per heavy atom. The normalized spacial score (nSPS) is 10.6. The zero-order chi connectivity index (χ0) is 24.6. The highest BCUT2D eigenvalue weighted by Gasteiger charge is 2.22. The van der Waals surface area contributed by atoms with Gasteiger partial charge < -0.3 is 24.3 Å².